The molecule has 114 valence electrons. The normalized spacial score (nSPS) is 15.1. The van der Waals surface area contributed by atoms with Crippen molar-refractivity contribution in [3.8, 4) is 5.75 Å². The summed E-state index contributed by atoms with van der Waals surface area (Å²) in [4.78, 5) is 12.1. The zero-order chi connectivity index (χ0) is 15.4. The Hall–Kier alpha value is -2.00. The standard InChI is InChI=1S/C18H18ClNO2/c19-15-8-10-16(11-9-15)22-12-17(21)20-18(14-6-7-14)13-4-2-1-3-5-13/h1-5,8-11,14,18H,6-7,12H2,(H,20,21)/t18-/m0/s1. The van der Waals surface area contributed by atoms with Crippen molar-refractivity contribution < 1.29 is 9.53 Å². The fourth-order valence-corrected chi connectivity index (χ4v) is 2.58. The van der Waals surface area contributed by atoms with Gasteiger partial charge in [-0.25, -0.2) is 0 Å². The zero-order valence-electron chi connectivity index (χ0n) is 12.2. The average Bonchev–Trinajstić information content (AvgIpc) is 3.38. The summed E-state index contributed by atoms with van der Waals surface area (Å²) < 4.78 is 5.49. The van der Waals surface area contributed by atoms with Crippen LogP contribution in [0.5, 0.6) is 5.75 Å². The number of hydrogen-bond acceptors (Lipinski definition) is 2. The average molecular weight is 316 g/mol. The Labute approximate surface area is 135 Å². The quantitative estimate of drug-likeness (QED) is 0.875. The van der Waals surface area contributed by atoms with Crippen molar-refractivity contribution in [1.82, 2.24) is 5.32 Å². The molecular formula is C18H18ClNO2. The fraction of sp³-hybridized carbons (Fsp3) is 0.278. The molecule has 0 unspecified atom stereocenters. The van der Waals surface area contributed by atoms with Crippen molar-refractivity contribution in [2.75, 3.05) is 6.61 Å². The summed E-state index contributed by atoms with van der Waals surface area (Å²) in [5.74, 6) is 1.08. The SMILES string of the molecule is O=C(COc1ccc(Cl)cc1)N[C@@H](c1ccccc1)C1CC1. The van der Waals surface area contributed by atoms with Crippen LogP contribution in [0.2, 0.25) is 5.02 Å². The third-order valence-electron chi connectivity index (χ3n) is 3.75. The van der Waals surface area contributed by atoms with E-state index in [1.54, 1.807) is 24.3 Å². The molecule has 0 saturated heterocycles. The molecule has 22 heavy (non-hydrogen) atoms. The molecule has 4 heteroatoms. The summed E-state index contributed by atoms with van der Waals surface area (Å²) in [6.45, 7) is 0.0116. The number of ether oxygens (including phenoxy) is 1. The van der Waals surface area contributed by atoms with Gasteiger partial charge in [0.1, 0.15) is 5.75 Å². The Balaban J connectivity index is 1.56. The first-order valence-electron chi connectivity index (χ1n) is 7.45. The van der Waals surface area contributed by atoms with Gasteiger partial charge in [0.05, 0.1) is 6.04 Å². The molecule has 1 aliphatic rings. The predicted octanol–water partition coefficient (Wildman–Crippen LogP) is 3.99. The molecule has 1 fully saturated rings. The second kappa shape index (κ2) is 6.84. The molecule has 1 saturated carbocycles. The first-order valence-corrected chi connectivity index (χ1v) is 7.83. The van der Waals surface area contributed by atoms with Crippen LogP contribution in [-0.4, -0.2) is 12.5 Å². The molecule has 2 aromatic carbocycles. The van der Waals surface area contributed by atoms with Crippen molar-refractivity contribution in [1.29, 1.82) is 0 Å². The van der Waals surface area contributed by atoms with Crippen molar-refractivity contribution in [2.24, 2.45) is 5.92 Å². The number of nitrogens with one attached hydrogen (secondary N) is 1. The van der Waals surface area contributed by atoms with Gasteiger partial charge >= 0.3 is 0 Å². The molecule has 3 rings (SSSR count). The van der Waals surface area contributed by atoms with Crippen molar-refractivity contribution in [3.05, 3.63) is 65.2 Å². The van der Waals surface area contributed by atoms with Gasteiger partial charge < -0.3 is 10.1 Å². The largest absolute Gasteiger partial charge is 0.484 e. The number of amides is 1. The Bertz CT molecular complexity index is 623. The summed E-state index contributed by atoms with van der Waals surface area (Å²) in [6.07, 6.45) is 2.33. The topological polar surface area (TPSA) is 38.3 Å². The highest BCUT2D eigenvalue weighted by atomic mass is 35.5. The highest BCUT2D eigenvalue weighted by molar-refractivity contribution is 6.30. The molecule has 0 heterocycles. The van der Waals surface area contributed by atoms with E-state index >= 15 is 0 Å². The van der Waals surface area contributed by atoms with Gasteiger partial charge in [0, 0.05) is 5.02 Å². The second-order valence-electron chi connectivity index (χ2n) is 5.54. The Morgan fingerprint density at radius 2 is 1.82 bits per heavy atom. The Kier molecular flexibility index (Phi) is 4.64. The maximum Gasteiger partial charge on any atom is 0.258 e. The van der Waals surface area contributed by atoms with Crippen LogP contribution in [0.1, 0.15) is 24.4 Å². The molecule has 1 atom stereocenters. The first-order chi connectivity index (χ1) is 10.7. The highest BCUT2D eigenvalue weighted by Crippen LogP contribution is 2.40. The van der Waals surface area contributed by atoms with Gasteiger partial charge in [0.2, 0.25) is 0 Å². The molecule has 0 spiro atoms. The van der Waals surface area contributed by atoms with Gasteiger partial charge in [0.15, 0.2) is 6.61 Å². The van der Waals surface area contributed by atoms with Crippen LogP contribution in [-0.2, 0) is 4.79 Å². The van der Waals surface area contributed by atoms with E-state index in [4.69, 9.17) is 16.3 Å². The van der Waals surface area contributed by atoms with Crippen LogP contribution in [0.4, 0.5) is 0 Å². The maximum atomic E-state index is 12.1. The van der Waals surface area contributed by atoms with Crippen molar-refractivity contribution >= 4 is 17.5 Å². The van der Waals surface area contributed by atoms with Crippen molar-refractivity contribution in [2.45, 2.75) is 18.9 Å². The van der Waals surface area contributed by atoms with Crippen molar-refractivity contribution in [3.63, 3.8) is 0 Å². The predicted molar refractivity (Wildman–Crippen MR) is 87.0 cm³/mol. The molecule has 1 N–H and O–H groups in total. The van der Waals surface area contributed by atoms with Gasteiger partial charge in [-0.1, -0.05) is 41.9 Å². The Morgan fingerprint density at radius 3 is 2.45 bits per heavy atom. The van der Waals surface area contributed by atoms with Crippen LogP contribution in [0.15, 0.2) is 54.6 Å². The monoisotopic (exact) mass is 315 g/mol. The highest BCUT2D eigenvalue weighted by Gasteiger charge is 2.33. The minimum absolute atomic E-state index is 0.0116. The second-order valence-corrected chi connectivity index (χ2v) is 5.97. The van der Waals surface area contributed by atoms with Gasteiger partial charge in [-0.2, -0.15) is 0 Å². The molecule has 0 aromatic heterocycles. The fourth-order valence-electron chi connectivity index (χ4n) is 2.46. The molecular weight excluding hydrogens is 298 g/mol. The van der Waals surface area contributed by atoms with Gasteiger partial charge in [-0.05, 0) is 48.6 Å². The minimum atomic E-state index is -0.101. The third kappa shape index (κ3) is 4.01. The number of carbonyl (C=O) groups excluding carboxylic acids is 1. The lowest BCUT2D eigenvalue weighted by Gasteiger charge is -2.19. The van der Waals surface area contributed by atoms with Gasteiger partial charge in [0.25, 0.3) is 5.91 Å². The zero-order valence-corrected chi connectivity index (χ0v) is 12.9. The summed E-state index contributed by atoms with van der Waals surface area (Å²) in [5, 5.41) is 3.73. The number of carbonyl (C=O) groups is 1. The smallest absolute Gasteiger partial charge is 0.258 e. The molecule has 0 radical (unpaired) electrons. The van der Waals surface area contributed by atoms with E-state index in [2.05, 4.69) is 17.4 Å². The van der Waals surface area contributed by atoms with E-state index < -0.39 is 0 Å². The van der Waals surface area contributed by atoms with E-state index in [-0.39, 0.29) is 18.6 Å². The van der Waals surface area contributed by atoms with Gasteiger partial charge in [-0.15, -0.1) is 0 Å². The number of halogens is 1. The van der Waals surface area contributed by atoms with Crippen LogP contribution >= 0.6 is 11.6 Å². The minimum Gasteiger partial charge on any atom is -0.484 e. The van der Waals surface area contributed by atoms with E-state index in [1.165, 1.54) is 0 Å². The molecule has 1 amide bonds. The number of hydrogen-bond donors (Lipinski definition) is 1. The molecule has 0 bridgehead atoms. The summed E-state index contributed by atoms with van der Waals surface area (Å²) in [5.41, 5.74) is 1.16. The lowest BCUT2D eigenvalue weighted by atomic mass is 10.0. The van der Waals surface area contributed by atoms with Crippen LogP contribution in [0, 0.1) is 5.92 Å². The Morgan fingerprint density at radius 1 is 1.14 bits per heavy atom. The summed E-state index contributed by atoms with van der Waals surface area (Å²) in [7, 11) is 0. The maximum absolute atomic E-state index is 12.1. The molecule has 0 aliphatic heterocycles. The summed E-state index contributed by atoms with van der Waals surface area (Å²) in [6, 6.07) is 17.2. The molecule has 2 aromatic rings. The van der Waals surface area contributed by atoms with E-state index in [1.807, 2.05) is 18.2 Å². The van der Waals surface area contributed by atoms with Crippen LogP contribution in [0.3, 0.4) is 0 Å². The number of rotatable bonds is 6. The van der Waals surface area contributed by atoms with Gasteiger partial charge in [-0.3, -0.25) is 4.79 Å². The lowest BCUT2D eigenvalue weighted by Crippen LogP contribution is -2.33. The van der Waals surface area contributed by atoms with E-state index in [0.29, 0.717) is 16.7 Å². The molecule has 1 aliphatic carbocycles. The summed E-state index contributed by atoms with van der Waals surface area (Å²) >= 11 is 5.82. The molecule has 3 nitrogen and oxygen atoms in total. The number of benzene rings is 2. The lowest BCUT2D eigenvalue weighted by molar-refractivity contribution is -0.124. The van der Waals surface area contributed by atoms with E-state index in [0.717, 1.165) is 18.4 Å². The van der Waals surface area contributed by atoms with E-state index in [9.17, 15) is 4.79 Å². The third-order valence-corrected chi connectivity index (χ3v) is 4.00. The first kappa shape index (κ1) is 14.9. The van der Waals surface area contributed by atoms with Crippen LogP contribution < -0.4 is 10.1 Å². The van der Waals surface area contributed by atoms with Crippen LogP contribution in [0.25, 0.3) is 0 Å².